The molecule has 3 aromatic rings. The molecule has 0 spiro atoms. The van der Waals surface area contributed by atoms with Crippen molar-refractivity contribution in [2.24, 2.45) is 0 Å². The molecule has 0 amide bonds. The van der Waals surface area contributed by atoms with Crippen molar-refractivity contribution in [3.8, 4) is 0 Å². The molecule has 2 aromatic carbocycles. The molecule has 0 aliphatic rings. The van der Waals surface area contributed by atoms with Gasteiger partial charge in [0.2, 0.25) is 0 Å². The van der Waals surface area contributed by atoms with Gasteiger partial charge < -0.3 is 9.52 Å². The smallest absolute Gasteiger partial charge is 0.153 e. The third kappa shape index (κ3) is 2.37. The monoisotopic (exact) mass is 350 g/mol. The minimum absolute atomic E-state index is 0.484. The summed E-state index contributed by atoms with van der Waals surface area (Å²) in [6.07, 6.45) is -0.826. The molecular weight excluding hydrogens is 340 g/mol. The second kappa shape index (κ2) is 5.24. The van der Waals surface area contributed by atoms with Gasteiger partial charge >= 0.3 is 0 Å². The average Bonchev–Trinajstić information content (AvgIpc) is 2.83. The molecule has 1 heterocycles. The molecule has 3 rings (SSSR count). The zero-order valence-electron chi connectivity index (χ0n) is 10.7. The number of para-hydroxylation sites is 1. The Labute approximate surface area is 130 Å². The Morgan fingerprint density at radius 2 is 2.00 bits per heavy atom. The molecule has 0 fully saturated rings. The Bertz CT molecular complexity index is 779. The van der Waals surface area contributed by atoms with Crippen LogP contribution in [0, 0.1) is 6.92 Å². The third-order valence-corrected chi connectivity index (χ3v) is 4.22. The number of hydrogen-bond donors (Lipinski definition) is 1. The molecule has 0 bridgehead atoms. The van der Waals surface area contributed by atoms with Crippen LogP contribution < -0.4 is 0 Å². The summed E-state index contributed by atoms with van der Waals surface area (Å²) in [6, 6.07) is 13.2. The molecule has 0 aliphatic carbocycles. The number of fused-ring (bicyclic) bond motifs is 1. The number of aliphatic hydroxyl groups excluding tert-OH is 1. The van der Waals surface area contributed by atoms with Crippen LogP contribution in [0.4, 0.5) is 0 Å². The molecule has 20 heavy (non-hydrogen) atoms. The lowest BCUT2D eigenvalue weighted by molar-refractivity contribution is 0.191. The van der Waals surface area contributed by atoms with E-state index in [1.54, 1.807) is 6.07 Å². The second-order valence-electron chi connectivity index (χ2n) is 4.73. The molecule has 0 saturated carbocycles. The van der Waals surface area contributed by atoms with E-state index in [4.69, 9.17) is 16.0 Å². The van der Waals surface area contributed by atoms with Crippen LogP contribution in [0.25, 0.3) is 11.0 Å². The summed E-state index contributed by atoms with van der Waals surface area (Å²) in [4.78, 5) is 0. The van der Waals surface area contributed by atoms with Crippen LogP contribution in [0.1, 0.15) is 23.0 Å². The predicted molar refractivity (Wildman–Crippen MR) is 84.2 cm³/mol. The van der Waals surface area contributed by atoms with E-state index in [0.717, 1.165) is 21.0 Å². The number of benzene rings is 2. The maximum absolute atomic E-state index is 10.5. The Kier molecular flexibility index (Phi) is 3.59. The number of rotatable bonds is 2. The highest BCUT2D eigenvalue weighted by molar-refractivity contribution is 9.10. The van der Waals surface area contributed by atoms with E-state index in [0.29, 0.717) is 16.4 Å². The fourth-order valence-corrected chi connectivity index (χ4v) is 3.12. The normalized spacial score (nSPS) is 12.8. The van der Waals surface area contributed by atoms with Gasteiger partial charge in [0.15, 0.2) is 5.58 Å². The second-order valence-corrected chi connectivity index (χ2v) is 6.00. The number of halogens is 2. The Hall–Kier alpha value is -1.29. The molecule has 102 valence electrons. The van der Waals surface area contributed by atoms with Crippen molar-refractivity contribution in [1.29, 1.82) is 0 Å². The zero-order valence-corrected chi connectivity index (χ0v) is 13.1. The van der Waals surface area contributed by atoms with Crippen LogP contribution in [0.15, 0.2) is 51.4 Å². The van der Waals surface area contributed by atoms with Crippen molar-refractivity contribution < 1.29 is 9.52 Å². The summed E-state index contributed by atoms with van der Waals surface area (Å²) >= 11 is 9.56. The average molecular weight is 352 g/mol. The van der Waals surface area contributed by atoms with Gasteiger partial charge in [0.25, 0.3) is 0 Å². The summed E-state index contributed by atoms with van der Waals surface area (Å²) < 4.78 is 6.56. The number of furan rings is 1. The van der Waals surface area contributed by atoms with Gasteiger partial charge in [0, 0.05) is 15.4 Å². The topological polar surface area (TPSA) is 33.4 Å². The van der Waals surface area contributed by atoms with Crippen molar-refractivity contribution in [2.45, 2.75) is 13.0 Å². The van der Waals surface area contributed by atoms with Crippen LogP contribution in [0.2, 0.25) is 5.02 Å². The minimum atomic E-state index is -0.826. The van der Waals surface area contributed by atoms with Gasteiger partial charge in [-0.3, -0.25) is 0 Å². The largest absolute Gasteiger partial charge is 0.456 e. The van der Waals surface area contributed by atoms with Crippen molar-refractivity contribution in [3.05, 3.63) is 68.8 Å². The first-order valence-electron chi connectivity index (χ1n) is 6.18. The van der Waals surface area contributed by atoms with Gasteiger partial charge in [-0.2, -0.15) is 0 Å². The zero-order chi connectivity index (χ0) is 14.3. The van der Waals surface area contributed by atoms with Crippen LogP contribution in [0.3, 0.4) is 0 Å². The molecule has 1 aromatic heterocycles. The highest BCUT2D eigenvalue weighted by Gasteiger charge is 2.18. The van der Waals surface area contributed by atoms with Gasteiger partial charge in [-0.05, 0) is 30.7 Å². The van der Waals surface area contributed by atoms with E-state index in [1.165, 1.54) is 0 Å². The Morgan fingerprint density at radius 1 is 1.20 bits per heavy atom. The van der Waals surface area contributed by atoms with Crippen molar-refractivity contribution >= 4 is 38.5 Å². The summed E-state index contributed by atoms with van der Waals surface area (Å²) in [7, 11) is 0. The van der Waals surface area contributed by atoms with E-state index in [9.17, 15) is 5.11 Å². The molecule has 1 atom stereocenters. The van der Waals surface area contributed by atoms with E-state index in [2.05, 4.69) is 15.9 Å². The Balaban J connectivity index is 2.08. The molecule has 0 radical (unpaired) electrons. The maximum Gasteiger partial charge on any atom is 0.153 e. The van der Waals surface area contributed by atoms with Crippen molar-refractivity contribution in [1.82, 2.24) is 0 Å². The lowest BCUT2D eigenvalue weighted by atomic mass is 10.1. The van der Waals surface area contributed by atoms with Crippen LogP contribution in [-0.4, -0.2) is 5.11 Å². The highest BCUT2D eigenvalue weighted by Crippen LogP contribution is 2.34. The van der Waals surface area contributed by atoms with Crippen LogP contribution in [-0.2, 0) is 0 Å². The lowest BCUT2D eigenvalue weighted by Crippen LogP contribution is -1.99. The fourth-order valence-electron chi connectivity index (χ4n) is 2.19. The predicted octanol–water partition coefficient (Wildman–Crippen LogP) is 5.24. The van der Waals surface area contributed by atoms with Crippen molar-refractivity contribution in [3.63, 3.8) is 0 Å². The van der Waals surface area contributed by atoms with Gasteiger partial charge in [0.05, 0.1) is 5.02 Å². The SMILES string of the molecule is Cc1ccc(C(O)c2cc3cccc(Cl)c3o2)c(Br)c1. The van der Waals surface area contributed by atoms with Gasteiger partial charge in [-0.15, -0.1) is 0 Å². The van der Waals surface area contributed by atoms with Crippen LogP contribution in [0.5, 0.6) is 0 Å². The molecule has 4 heteroatoms. The highest BCUT2D eigenvalue weighted by atomic mass is 79.9. The summed E-state index contributed by atoms with van der Waals surface area (Å²) in [5.74, 6) is 0.484. The van der Waals surface area contributed by atoms with E-state index in [-0.39, 0.29) is 0 Å². The fraction of sp³-hybridized carbons (Fsp3) is 0.125. The summed E-state index contributed by atoms with van der Waals surface area (Å²) in [5, 5.41) is 11.9. The van der Waals surface area contributed by atoms with Crippen molar-refractivity contribution in [2.75, 3.05) is 0 Å². The number of aliphatic hydroxyl groups is 1. The van der Waals surface area contributed by atoms with Crippen LogP contribution >= 0.6 is 27.5 Å². The van der Waals surface area contributed by atoms with E-state index < -0.39 is 6.10 Å². The molecule has 2 nitrogen and oxygen atoms in total. The molecule has 0 aliphatic heterocycles. The first-order valence-corrected chi connectivity index (χ1v) is 7.35. The van der Waals surface area contributed by atoms with Gasteiger partial charge in [-0.1, -0.05) is 51.8 Å². The maximum atomic E-state index is 10.5. The Morgan fingerprint density at radius 3 is 2.70 bits per heavy atom. The lowest BCUT2D eigenvalue weighted by Gasteiger charge is -2.10. The summed E-state index contributed by atoms with van der Waals surface area (Å²) in [6.45, 7) is 2.00. The third-order valence-electron chi connectivity index (χ3n) is 3.24. The number of aryl methyl sites for hydroxylation is 1. The summed E-state index contributed by atoms with van der Waals surface area (Å²) in [5.41, 5.74) is 2.50. The molecular formula is C16H12BrClO2. The first kappa shape index (κ1) is 13.7. The molecule has 1 unspecified atom stereocenters. The van der Waals surface area contributed by atoms with E-state index >= 15 is 0 Å². The van der Waals surface area contributed by atoms with Gasteiger partial charge in [-0.25, -0.2) is 0 Å². The van der Waals surface area contributed by atoms with E-state index in [1.807, 2.05) is 43.3 Å². The van der Waals surface area contributed by atoms with Gasteiger partial charge in [0.1, 0.15) is 11.9 Å². The quantitative estimate of drug-likeness (QED) is 0.685. The molecule has 1 N–H and O–H groups in total. The first-order chi connectivity index (χ1) is 9.56. The standard InChI is InChI=1S/C16H12BrClO2/c1-9-5-6-11(12(17)7-9)15(19)14-8-10-3-2-4-13(18)16(10)20-14/h2-8,15,19H,1H3. The minimum Gasteiger partial charge on any atom is -0.456 e. The number of hydrogen-bond acceptors (Lipinski definition) is 2. The molecule has 0 saturated heterocycles.